The molecule has 2 aromatic heterocycles. The van der Waals surface area contributed by atoms with Crippen molar-refractivity contribution in [1.82, 2.24) is 9.97 Å². The minimum Gasteiger partial charge on any atom is -0.319 e. The van der Waals surface area contributed by atoms with E-state index in [1.807, 2.05) is 0 Å². The lowest BCUT2D eigenvalue weighted by Crippen LogP contribution is -2.16. The van der Waals surface area contributed by atoms with Gasteiger partial charge in [0.2, 0.25) is 0 Å². The number of amides is 1. The summed E-state index contributed by atoms with van der Waals surface area (Å²) in [7, 11) is 0. The maximum absolute atomic E-state index is 13.3. The molecule has 18 heavy (non-hydrogen) atoms. The average Bonchev–Trinajstić information content (AvgIpc) is 2.32. The Labute approximate surface area is 106 Å². The van der Waals surface area contributed by atoms with Gasteiger partial charge in [-0.15, -0.1) is 0 Å². The van der Waals surface area contributed by atoms with Gasteiger partial charge in [-0.25, -0.2) is 18.7 Å². The molecule has 0 aliphatic rings. The molecule has 4 nitrogen and oxygen atoms in total. The van der Waals surface area contributed by atoms with Gasteiger partial charge >= 0.3 is 0 Å². The Morgan fingerprint density at radius 1 is 1.22 bits per heavy atom. The number of pyridine rings is 2. The van der Waals surface area contributed by atoms with E-state index in [0.717, 1.165) is 6.20 Å². The number of rotatable bonds is 2. The van der Waals surface area contributed by atoms with E-state index in [4.69, 9.17) is 11.6 Å². The third-order valence-electron chi connectivity index (χ3n) is 2.01. The van der Waals surface area contributed by atoms with Gasteiger partial charge in [0.05, 0.1) is 18.1 Å². The molecular formula is C11H6ClF2N3O. The van der Waals surface area contributed by atoms with Gasteiger partial charge in [-0.3, -0.25) is 4.79 Å². The van der Waals surface area contributed by atoms with E-state index < -0.39 is 23.2 Å². The Balaban J connectivity index is 2.19. The number of aromatic nitrogens is 2. The van der Waals surface area contributed by atoms with Crippen molar-refractivity contribution in [2.45, 2.75) is 0 Å². The molecule has 2 rings (SSSR count). The molecule has 0 aromatic carbocycles. The van der Waals surface area contributed by atoms with Crippen molar-refractivity contribution in [3.05, 3.63) is 53.1 Å². The largest absolute Gasteiger partial charge is 0.319 e. The number of hydrogen-bond donors (Lipinski definition) is 1. The Morgan fingerprint density at radius 3 is 2.61 bits per heavy atom. The highest BCUT2D eigenvalue weighted by Crippen LogP contribution is 2.12. The molecule has 0 atom stereocenters. The van der Waals surface area contributed by atoms with Crippen LogP contribution in [0.15, 0.2) is 30.6 Å². The number of nitrogens with one attached hydrogen (secondary N) is 1. The summed E-state index contributed by atoms with van der Waals surface area (Å²) in [4.78, 5) is 18.8. The topological polar surface area (TPSA) is 54.9 Å². The smallest absolute Gasteiger partial charge is 0.277 e. The highest BCUT2D eigenvalue weighted by atomic mass is 35.5. The molecule has 0 unspecified atom stereocenters. The van der Waals surface area contributed by atoms with Gasteiger partial charge in [-0.2, -0.15) is 0 Å². The lowest BCUT2D eigenvalue weighted by molar-refractivity contribution is 0.101. The van der Waals surface area contributed by atoms with Crippen LogP contribution in [-0.4, -0.2) is 15.9 Å². The fraction of sp³-hybridized carbons (Fsp3) is 0. The zero-order valence-corrected chi connectivity index (χ0v) is 9.58. The minimum absolute atomic E-state index is 0.263. The number of nitrogens with zero attached hydrogens (tertiary/aromatic N) is 2. The summed E-state index contributed by atoms with van der Waals surface area (Å²) < 4.78 is 25.9. The zero-order valence-electron chi connectivity index (χ0n) is 8.82. The Kier molecular flexibility index (Phi) is 3.47. The number of hydrogen-bond acceptors (Lipinski definition) is 3. The van der Waals surface area contributed by atoms with Gasteiger partial charge in [-0.1, -0.05) is 11.6 Å². The van der Waals surface area contributed by atoms with Crippen LogP contribution in [0.1, 0.15) is 10.5 Å². The van der Waals surface area contributed by atoms with Crippen LogP contribution in [0.25, 0.3) is 0 Å². The lowest BCUT2D eigenvalue weighted by Gasteiger charge is -2.04. The first-order valence-corrected chi connectivity index (χ1v) is 5.18. The summed E-state index contributed by atoms with van der Waals surface area (Å²) in [5.74, 6) is -2.68. The molecule has 0 spiro atoms. The second kappa shape index (κ2) is 5.05. The van der Waals surface area contributed by atoms with Crippen LogP contribution in [-0.2, 0) is 0 Å². The summed E-state index contributed by atoms with van der Waals surface area (Å²) in [6.45, 7) is 0. The monoisotopic (exact) mass is 269 g/mol. The number of halogens is 3. The second-order valence-electron chi connectivity index (χ2n) is 3.31. The minimum atomic E-state index is -1.03. The van der Waals surface area contributed by atoms with E-state index in [9.17, 15) is 13.6 Å². The Morgan fingerprint density at radius 2 is 2.00 bits per heavy atom. The molecule has 0 saturated heterocycles. The first-order chi connectivity index (χ1) is 8.56. The molecule has 0 saturated carbocycles. The highest BCUT2D eigenvalue weighted by Gasteiger charge is 2.14. The standard InChI is InChI=1S/C11H6ClF2N3O/c12-9-2-1-7(5-15-9)17-11(18)10-8(14)3-6(13)4-16-10/h1-5H,(H,17,18). The first kappa shape index (κ1) is 12.4. The zero-order chi connectivity index (χ0) is 13.1. The van der Waals surface area contributed by atoms with Gasteiger partial charge in [0, 0.05) is 6.07 Å². The Bertz CT molecular complexity index is 589. The second-order valence-corrected chi connectivity index (χ2v) is 3.69. The summed E-state index contributed by atoms with van der Waals surface area (Å²) >= 11 is 5.57. The summed E-state index contributed by atoms with van der Waals surface area (Å²) in [6, 6.07) is 3.54. The van der Waals surface area contributed by atoms with Crippen LogP contribution in [0.3, 0.4) is 0 Å². The van der Waals surface area contributed by atoms with E-state index in [-0.39, 0.29) is 5.15 Å². The van der Waals surface area contributed by atoms with Gasteiger partial charge < -0.3 is 5.32 Å². The van der Waals surface area contributed by atoms with Crippen molar-refractivity contribution < 1.29 is 13.6 Å². The number of carbonyl (C=O) groups excluding carboxylic acids is 1. The SMILES string of the molecule is O=C(Nc1ccc(Cl)nc1)c1ncc(F)cc1F. The fourth-order valence-electron chi connectivity index (χ4n) is 1.22. The first-order valence-electron chi connectivity index (χ1n) is 4.80. The molecular weight excluding hydrogens is 264 g/mol. The third-order valence-corrected chi connectivity index (χ3v) is 2.23. The van der Waals surface area contributed by atoms with Crippen molar-refractivity contribution in [1.29, 1.82) is 0 Å². The molecule has 0 aliphatic heterocycles. The molecule has 7 heteroatoms. The molecule has 1 N–H and O–H groups in total. The van der Waals surface area contributed by atoms with Crippen LogP contribution < -0.4 is 5.32 Å². The van der Waals surface area contributed by atoms with E-state index in [1.165, 1.54) is 18.3 Å². The van der Waals surface area contributed by atoms with E-state index in [0.29, 0.717) is 11.8 Å². The van der Waals surface area contributed by atoms with Crippen LogP contribution in [0.5, 0.6) is 0 Å². The lowest BCUT2D eigenvalue weighted by atomic mass is 10.3. The van der Waals surface area contributed by atoms with Crippen molar-refractivity contribution in [2.24, 2.45) is 0 Å². The maximum Gasteiger partial charge on any atom is 0.277 e. The molecule has 0 aliphatic carbocycles. The summed E-state index contributed by atoms with van der Waals surface area (Å²) in [5.41, 5.74) is -0.165. The van der Waals surface area contributed by atoms with Gasteiger partial charge in [-0.05, 0) is 12.1 Å². The summed E-state index contributed by atoms with van der Waals surface area (Å²) in [5, 5.41) is 2.62. The predicted octanol–water partition coefficient (Wildman–Crippen LogP) is 2.66. The van der Waals surface area contributed by atoms with Crippen molar-refractivity contribution in [2.75, 3.05) is 5.32 Å². The normalized spacial score (nSPS) is 10.2. The Hall–Kier alpha value is -2.08. The van der Waals surface area contributed by atoms with Gasteiger partial charge in [0.15, 0.2) is 11.5 Å². The van der Waals surface area contributed by atoms with Crippen LogP contribution >= 0.6 is 11.6 Å². The fourth-order valence-corrected chi connectivity index (χ4v) is 1.33. The third kappa shape index (κ3) is 2.78. The molecule has 0 radical (unpaired) electrons. The van der Waals surface area contributed by atoms with Crippen molar-refractivity contribution in [3.63, 3.8) is 0 Å². The number of anilines is 1. The molecule has 2 aromatic rings. The van der Waals surface area contributed by atoms with E-state index >= 15 is 0 Å². The molecule has 0 bridgehead atoms. The molecule has 1 amide bonds. The van der Waals surface area contributed by atoms with Crippen molar-refractivity contribution in [3.8, 4) is 0 Å². The summed E-state index contributed by atoms with van der Waals surface area (Å²) in [6.07, 6.45) is 2.07. The predicted molar refractivity (Wildman–Crippen MR) is 61.4 cm³/mol. The van der Waals surface area contributed by atoms with E-state index in [2.05, 4.69) is 15.3 Å². The maximum atomic E-state index is 13.3. The van der Waals surface area contributed by atoms with Crippen LogP contribution in [0, 0.1) is 11.6 Å². The van der Waals surface area contributed by atoms with Crippen molar-refractivity contribution >= 4 is 23.2 Å². The number of carbonyl (C=O) groups is 1. The van der Waals surface area contributed by atoms with Gasteiger partial charge in [0.1, 0.15) is 11.0 Å². The molecule has 92 valence electrons. The van der Waals surface area contributed by atoms with Gasteiger partial charge in [0.25, 0.3) is 5.91 Å². The van der Waals surface area contributed by atoms with E-state index in [1.54, 1.807) is 0 Å². The highest BCUT2D eigenvalue weighted by molar-refractivity contribution is 6.29. The average molecular weight is 270 g/mol. The molecule has 0 fully saturated rings. The van der Waals surface area contributed by atoms with Crippen LogP contribution in [0.2, 0.25) is 5.15 Å². The van der Waals surface area contributed by atoms with Crippen LogP contribution in [0.4, 0.5) is 14.5 Å². The quantitative estimate of drug-likeness (QED) is 0.853. The molecule has 2 heterocycles.